The number of hydrogen-bond donors (Lipinski definition) is 2. The lowest BCUT2D eigenvalue weighted by atomic mass is 9.91. The Kier molecular flexibility index (Phi) is 11.3. The normalized spacial score (nSPS) is 22.2. The summed E-state index contributed by atoms with van der Waals surface area (Å²) in [6.07, 6.45) is -2.83. The second-order valence-electron chi connectivity index (χ2n) is 11.6. The van der Waals surface area contributed by atoms with Crippen LogP contribution < -0.4 is 10.6 Å². The Morgan fingerprint density at radius 2 is 1.23 bits per heavy atom. The number of ether oxygens (including phenoxy) is 5. The Bertz CT molecular complexity index is 1650. The van der Waals surface area contributed by atoms with Crippen molar-refractivity contribution in [2.24, 2.45) is 0 Å². The molecule has 0 saturated carbocycles. The largest absolute Gasteiger partial charge is 0.463 e. The number of carbonyl (C=O) groups is 2. The fourth-order valence-electron chi connectivity index (χ4n) is 6.02. The molecule has 0 spiro atoms. The molecule has 0 aliphatic carbocycles. The van der Waals surface area contributed by atoms with Crippen LogP contribution in [0.1, 0.15) is 35.2 Å². The molecule has 2 amide bonds. The van der Waals surface area contributed by atoms with E-state index in [0.29, 0.717) is 13.2 Å². The molecular formula is C39H40N2O7. The zero-order valence-corrected chi connectivity index (χ0v) is 26.8. The minimum atomic E-state index is -0.892. The number of esters is 1. The van der Waals surface area contributed by atoms with Crippen LogP contribution in [0.25, 0.3) is 0 Å². The molecule has 1 fully saturated rings. The topological polar surface area (TPSA) is 104 Å². The van der Waals surface area contributed by atoms with Gasteiger partial charge in [-0.15, -0.1) is 0 Å². The molecule has 2 aliphatic rings. The van der Waals surface area contributed by atoms with Gasteiger partial charge in [-0.1, -0.05) is 121 Å². The van der Waals surface area contributed by atoms with E-state index >= 15 is 0 Å². The molecule has 5 atom stereocenters. The van der Waals surface area contributed by atoms with E-state index in [-0.39, 0.29) is 31.1 Å². The average Bonchev–Trinajstić information content (AvgIpc) is 3.48. The Morgan fingerprint density at radius 3 is 1.79 bits per heavy atom. The molecule has 4 aromatic carbocycles. The molecule has 4 aromatic rings. The van der Waals surface area contributed by atoms with Crippen LogP contribution in [0.15, 0.2) is 133 Å². The number of amides is 2. The van der Waals surface area contributed by atoms with Gasteiger partial charge in [0.05, 0.1) is 50.3 Å². The minimum Gasteiger partial charge on any atom is -0.463 e. The maximum absolute atomic E-state index is 13.7. The van der Waals surface area contributed by atoms with Crippen molar-refractivity contribution in [3.05, 3.63) is 155 Å². The highest BCUT2D eigenvalue weighted by Crippen LogP contribution is 2.37. The third kappa shape index (κ3) is 8.18. The smallest absolute Gasteiger partial charge is 0.338 e. The summed E-state index contributed by atoms with van der Waals surface area (Å²) in [5.74, 6) is -0.565. The molecule has 48 heavy (non-hydrogen) atoms. The lowest BCUT2D eigenvalue weighted by molar-refractivity contribution is -0.139. The van der Waals surface area contributed by atoms with Crippen LogP contribution in [0.2, 0.25) is 0 Å². The molecule has 248 valence electrons. The first kappa shape index (κ1) is 33.1. The van der Waals surface area contributed by atoms with Crippen molar-refractivity contribution < 1.29 is 33.3 Å². The van der Waals surface area contributed by atoms with Crippen LogP contribution in [0.5, 0.6) is 0 Å². The Balaban J connectivity index is 1.38. The van der Waals surface area contributed by atoms with Gasteiger partial charge in [-0.2, -0.15) is 0 Å². The van der Waals surface area contributed by atoms with Gasteiger partial charge in [-0.25, -0.2) is 9.59 Å². The lowest BCUT2D eigenvalue weighted by Gasteiger charge is -2.33. The average molecular weight is 649 g/mol. The molecular weight excluding hydrogens is 608 g/mol. The van der Waals surface area contributed by atoms with Crippen molar-refractivity contribution in [3.63, 3.8) is 0 Å². The van der Waals surface area contributed by atoms with Crippen LogP contribution in [0.3, 0.4) is 0 Å². The van der Waals surface area contributed by atoms with Crippen molar-refractivity contribution in [1.29, 1.82) is 0 Å². The van der Waals surface area contributed by atoms with Gasteiger partial charge < -0.3 is 34.3 Å². The van der Waals surface area contributed by atoms with Crippen LogP contribution in [-0.4, -0.2) is 49.6 Å². The van der Waals surface area contributed by atoms with Crippen LogP contribution in [-0.2, 0) is 48.3 Å². The predicted molar refractivity (Wildman–Crippen MR) is 179 cm³/mol. The van der Waals surface area contributed by atoms with E-state index in [1.54, 1.807) is 6.92 Å². The van der Waals surface area contributed by atoms with Crippen molar-refractivity contribution in [1.82, 2.24) is 10.6 Å². The van der Waals surface area contributed by atoms with Gasteiger partial charge in [0.2, 0.25) is 0 Å². The summed E-state index contributed by atoms with van der Waals surface area (Å²) in [5, 5.41) is 5.81. The van der Waals surface area contributed by atoms with Gasteiger partial charge in [0.1, 0.15) is 24.4 Å². The van der Waals surface area contributed by atoms with Crippen LogP contribution in [0, 0.1) is 0 Å². The minimum absolute atomic E-state index is 0.156. The maximum atomic E-state index is 13.7. The van der Waals surface area contributed by atoms with Gasteiger partial charge in [0.15, 0.2) is 0 Å². The highest BCUT2D eigenvalue weighted by Gasteiger charge is 2.51. The van der Waals surface area contributed by atoms with Crippen molar-refractivity contribution in [3.8, 4) is 0 Å². The molecule has 9 heteroatoms. The van der Waals surface area contributed by atoms with Gasteiger partial charge in [0.25, 0.3) is 0 Å². The number of hydrogen-bond acceptors (Lipinski definition) is 7. The fraction of sp³-hybridized carbons (Fsp3) is 0.282. The number of carbonyl (C=O) groups excluding carboxylic acids is 2. The van der Waals surface area contributed by atoms with E-state index in [1.165, 1.54) is 0 Å². The highest BCUT2D eigenvalue weighted by molar-refractivity contribution is 5.95. The molecule has 6 rings (SSSR count). The van der Waals surface area contributed by atoms with Gasteiger partial charge in [-0.3, -0.25) is 0 Å². The van der Waals surface area contributed by atoms with Crippen LogP contribution >= 0.6 is 0 Å². The van der Waals surface area contributed by atoms with Crippen molar-refractivity contribution in [2.45, 2.75) is 57.2 Å². The summed E-state index contributed by atoms with van der Waals surface area (Å²) in [6.45, 7) is 3.02. The number of benzene rings is 4. The molecule has 1 saturated heterocycles. The number of nitrogens with one attached hydrogen (secondary N) is 2. The second-order valence-corrected chi connectivity index (χ2v) is 11.6. The van der Waals surface area contributed by atoms with E-state index in [1.807, 2.05) is 121 Å². The van der Waals surface area contributed by atoms with E-state index in [4.69, 9.17) is 23.7 Å². The molecule has 2 heterocycles. The molecule has 0 radical (unpaired) electrons. The first-order valence-electron chi connectivity index (χ1n) is 16.2. The summed E-state index contributed by atoms with van der Waals surface area (Å²) < 4.78 is 31.8. The zero-order chi connectivity index (χ0) is 33.1. The number of rotatable bonds is 14. The summed E-state index contributed by atoms with van der Waals surface area (Å²) in [5.41, 5.74) is 4.22. The third-order valence-electron chi connectivity index (χ3n) is 8.29. The first-order valence-corrected chi connectivity index (χ1v) is 16.2. The van der Waals surface area contributed by atoms with Gasteiger partial charge in [-0.05, 0) is 29.2 Å². The monoisotopic (exact) mass is 648 g/mol. The van der Waals surface area contributed by atoms with Gasteiger partial charge in [0, 0.05) is 0 Å². The van der Waals surface area contributed by atoms with Crippen LogP contribution in [0.4, 0.5) is 4.79 Å². The standard InChI is InChI=1S/C39H40N2O7/c1-2-45-38(42)32-33(30-21-13-6-14-22-30)40-39(43)41-34(32)36-37(47-25-29-19-11-5-12-20-29)35(46-24-28-17-9-4-10-18-28)31(48-36)26-44-23-27-15-7-3-8-16-27/h3-22,31,33,35-37H,2,23-26H2,1H3,(H2,40,41,43)/t31-,33+,35-,36+,37-/m1/s1. The zero-order valence-electron chi connectivity index (χ0n) is 26.8. The highest BCUT2D eigenvalue weighted by atomic mass is 16.6. The number of urea groups is 1. The second kappa shape index (κ2) is 16.3. The molecule has 0 aromatic heterocycles. The summed E-state index contributed by atoms with van der Waals surface area (Å²) >= 11 is 0. The Morgan fingerprint density at radius 1 is 0.708 bits per heavy atom. The fourth-order valence-corrected chi connectivity index (χ4v) is 6.02. The van der Waals surface area contributed by atoms with E-state index in [2.05, 4.69) is 10.6 Å². The van der Waals surface area contributed by atoms with Crippen molar-refractivity contribution in [2.75, 3.05) is 13.2 Å². The molecule has 2 aliphatic heterocycles. The Hall–Kier alpha value is -4.80. The molecule has 0 unspecified atom stereocenters. The molecule has 0 bridgehead atoms. The third-order valence-corrected chi connectivity index (χ3v) is 8.29. The van der Waals surface area contributed by atoms with E-state index in [9.17, 15) is 9.59 Å². The van der Waals surface area contributed by atoms with E-state index in [0.717, 1.165) is 22.3 Å². The van der Waals surface area contributed by atoms with Gasteiger partial charge >= 0.3 is 12.0 Å². The molecule has 2 N–H and O–H groups in total. The molecule has 9 nitrogen and oxygen atoms in total. The predicted octanol–water partition coefficient (Wildman–Crippen LogP) is 6.01. The summed E-state index contributed by atoms with van der Waals surface area (Å²) in [4.78, 5) is 27.0. The maximum Gasteiger partial charge on any atom is 0.338 e. The van der Waals surface area contributed by atoms with Crippen molar-refractivity contribution >= 4 is 12.0 Å². The Labute approximate surface area is 280 Å². The SMILES string of the molecule is CCOC(=O)C1=C([C@@H]2O[C@H](COCc3ccccc3)[C@@H](OCc3ccccc3)[C@H]2OCc2ccccc2)NC(=O)N[C@H]1c1ccccc1. The quantitative estimate of drug-likeness (QED) is 0.161. The summed E-state index contributed by atoms with van der Waals surface area (Å²) in [6, 6.07) is 37.6. The summed E-state index contributed by atoms with van der Waals surface area (Å²) in [7, 11) is 0. The lowest BCUT2D eigenvalue weighted by Crippen LogP contribution is -2.51. The first-order chi connectivity index (χ1) is 23.6. The van der Waals surface area contributed by atoms with E-state index < -0.39 is 42.5 Å².